The molecule has 106 valence electrons. The Hall–Kier alpha value is -1.55. The number of hydrogen-bond donors (Lipinski definition) is 1. The first kappa shape index (κ1) is 15.5. The van der Waals surface area contributed by atoms with Crippen molar-refractivity contribution in [1.29, 1.82) is 0 Å². The van der Waals surface area contributed by atoms with Gasteiger partial charge in [0.25, 0.3) is 0 Å². The normalized spacial score (nSPS) is 10.3. The zero-order valence-electron chi connectivity index (χ0n) is 11.9. The van der Waals surface area contributed by atoms with Crippen molar-refractivity contribution in [3.63, 3.8) is 0 Å². The summed E-state index contributed by atoms with van der Waals surface area (Å²) < 4.78 is 5.39. The highest BCUT2D eigenvalue weighted by molar-refractivity contribution is 5.75. The van der Waals surface area contributed by atoms with Gasteiger partial charge in [0.1, 0.15) is 5.75 Å². The fraction of sp³-hybridized carbons (Fsp3) is 0.533. The van der Waals surface area contributed by atoms with Gasteiger partial charge >= 0.3 is 0 Å². The van der Waals surface area contributed by atoms with E-state index in [0.717, 1.165) is 25.1 Å². The molecule has 1 aromatic carbocycles. The first-order chi connectivity index (χ1) is 9.17. The molecular formula is C15H24N2O2. The van der Waals surface area contributed by atoms with Crippen LogP contribution in [0.3, 0.4) is 0 Å². The highest BCUT2D eigenvalue weighted by Crippen LogP contribution is 2.12. The second-order valence-corrected chi connectivity index (χ2v) is 4.53. The fourth-order valence-corrected chi connectivity index (χ4v) is 1.78. The zero-order valence-corrected chi connectivity index (χ0v) is 11.9. The summed E-state index contributed by atoms with van der Waals surface area (Å²) in [6.07, 6.45) is 2.15. The zero-order chi connectivity index (χ0) is 14.1. The van der Waals surface area contributed by atoms with E-state index in [4.69, 9.17) is 10.5 Å². The summed E-state index contributed by atoms with van der Waals surface area (Å²) in [6, 6.07) is 8.02. The molecule has 4 nitrogen and oxygen atoms in total. The summed E-state index contributed by atoms with van der Waals surface area (Å²) in [5.41, 5.74) is 6.61. The fourth-order valence-electron chi connectivity index (χ4n) is 1.78. The first-order valence-corrected chi connectivity index (χ1v) is 6.83. The lowest BCUT2D eigenvalue weighted by molar-refractivity contribution is -0.129. The van der Waals surface area contributed by atoms with E-state index in [1.54, 1.807) is 4.90 Å². The molecule has 0 saturated heterocycles. The van der Waals surface area contributed by atoms with Gasteiger partial charge in [-0.1, -0.05) is 12.1 Å². The topological polar surface area (TPSA) is 55.6 Å². The molecular weight excluding hydrogens is 240 g/mol. The van der Waals surface area contributed by atoms with E-state index >= 15 is 0 Å². The van der Waals surface area contributed by atoms with Crippen LogP contribution in [0.1, 0.15) is 25.3 Å². The third-order valence-corrected chi connectivity index (χ3v) is 2.99. The van der Waals surface area contributed by atoms with E-state index in [1.165, 1.54) is 5.56 Å². The first-order valence-electron chi connectivity index (χ1n) is 6.83. The van der Waals surface area contributed by atoms with Crippen molar-refractivity contribution < 1.29 is 9.53 Å². The Labute approximate surface area is 115 Å². The summed E-state index contributed by atoms with van der Waals surface area (Å²) >= 11 is 0. The van der Waals surface area contributed by atoms with Crippen molar-refractivity contribution in [3.05, 3.63) is 29.8 Å². The van der Waals surface area contributed by atoms with Gasteiger partial charge in [-0.25, -0.2) is 0 Å². The lowest BCUT2D eigenvalue weighted by atomic mass is 10.1. The molecule has 1 rings (SSSR count). The van der Waals surface area contributed by atoms with Gasteiger partial charge in [0.2, 0.25) is 5.91 Å². The number of nitrogens with zero attached hydrogens (tertiary/aromatic N) is 1. The van der Waals surface area contributed by atoms with Crippen LogP contribution in [0, 0.1) is 0 Å². The summed E-state index contributed by atoms with van der Waals surface area (Å²) in [6.45, 7) is 3.95. The molecule has 0 radical (unpaired) electrons. The molecule has 0 atom stereocenters. The number of hydrogen-bond acceptors (Lipinski definition) is 3. The van der Waals surface area contributed by atoms with Crippen molar-refractivity contribution in [1.82, 2.24) is 4.90 Å². The molecule has 0 aliphatic heterocycles. The predicted molar refractivity (Wildman–Crippen MR) is 77.2 cm³/mol. The molecule has 19 heavy (non-hydrogen) atoms. The van der Waals surface area contributed by atoms with E-state index in [2.05, 4.69) is 0 Å². The van der Waals surface area contributed by atoms with E-state index in [1.807, 2.05) is 38.2 Å². The minimum Gasteiger partial charge on any atom is -0.494 e. The molecule has 0 heterocycles. The maximum atomic E-state index is 11.7. The second-order valence-electron chi connectivity index (χ2n) is 4.53. The average Bonchev–Trinajstić information content (AvgIpc) is 2.44. The molecule has 0 unspecified atom stereocenters. The van der Waals surface area contributed by atoms with Crippen LogP contribution >= 0.6 is 0 Å². The van der Waals surface area contributed by atoms with Gasteiger partial charge in [-0.3, -0.25) is 4.79 Å². The number of likely N-dealkylation sites (N-methyl/N-ethyl adjacent to an activating group) is 1. The van der Waals surface area contributed by atoms with Crippen LogP contribution in [0.4, 0.5) is 0 Å². The Balaban J connectivity index is 2.37. The van der Waals surface area contributed by atoms with Crippen LogP contribution in [-0.4, -0.2) is 37.6 Å². The molecule has 0 bridgehead atoms. The number of carbonyl (C=O) groups excluding carboxylic acids is 1. The van der Waals surface area contributed by atoms with Crippen molar-refractivity contribution in [2.75, 3.05) is 26.7 Å². The Morgan fingerprint density at radius 2 is 2.00 bits per heavy atom. The SMILES string of the molecule is CCOc1ccc(CCN(C)C(=O)CCCN)cc1. The molecule has 0 aromatic heterocycles. The number of rotatable bonds is 8. The minimum atomic E-state index is 0.163. The van der Waals surface area contributed by atoms with Crippen molar-refractivity contribution in [2.24, 2.45) is 5.73 Å². The highest BCUT2D eigenvalue weighted by Gasteiger charge is 2.07. The van der Waals surface area contributed by atoms with Crippen molar-refractivity contribution in [2.45, 2.75) is 26.2 Å². The largest absolute Gasteiger partial charge is 0.494 e. The van der Waals surface area contributed by atoms with Gasteiger partial charge in [0.05, 0.1) is 6.61 Å². The van der Waals surface area contributed by atoms with Gasteiger partial charge in [-0.2, -0.15) is 0 Å². The third kappa shape index (κ3) is 5.75. The number of nitrogens with two attached hydrogens (primary N) is 1. The quantitative estimate of drug-likeness (QED) is 0.779. The van der Waals surface area contributed by atoms with Crippen LogP contribution < -0.4 is 10.5 Å². The monoisotopic (exact) mass is 264 g/mol. The van der Waals surface area contributed by atoms with Crippen LogP contribution in [0.5, 0.6) is 5.75 Å². The van der Waals surface area contributed by atoms with Gasteiger partial charge in [-0.05, 0) is 44.0 Å². The van der Waals surface area contributed by atoms with E-state index in [-0.39, 0.29) is 5.91 Å². The minimum absolute atomic E-state index is 0.163. The standard InChI is InChI=1S/C15H24N2O2/c1-3-19-14-8-6-13(7-9-14)10-12-17(2)15(18)5-4-11-16/h6-9H,3-5,10-12,16H2,1-2H3. The van der Waals surface area contributed by atoms with Crippen LogP contribution in [0.25, 0.3) is 0 Å². The highest BCUT2D eigenvalue weighted by atomic mass is 16.5. The van der Waals surface area contributed by atoms with Crippen LogP contribution in [0.2, 0.25) is 0 Å². The van der Waals surface area contributed by atoms with Gasteiger partial charge in [0.15, 0.2) is 0 Å². The maximum absolute atomic E-state index is 11.7. The summed E-state index contributed by atoms with van der Waals surface area (Å²) in [5.74, 6) is 1.05. The Kier molecular flexibility index (Phi) is 6.97. The average molecular weight is 264 g/mol. The number of ether oxygens (including phenoxy) is 1. The summed E-state index contributed by atoms with van der Waals surface area (Å²) in [4.78, 5) is 13.5. The molecule has 0 aliphatic rings. The molecule has 4 heteroatoms. The number of benzene rings is 1. The van der Waals surface area contributed by atoms with E-state index < -0.39 is 0 Å². The lowest BCUT2D eigenvalue weighted by Gasteiger charge is -2.17. The number of carbonyl (C=O) groups is 1. The summed E-state index contributed by atoms with van der Waals surface area (Å²) in [5, 5.41) is 0. The van der Waals surface area contributed by atoms with Crippen molar-refractivity contribution in [3.8, 4) is 5.75 Å². The molecule has 1 amide bonds. The maximum Gasteiger partial charge on any atom is 0.222 e. The molecule has 0 fully saturated rings. The molecule has 2 N–H and O–H groups in total. The van der Waals surface area contributed by atoms with Crippen molar-refractivity contribution >= 4 is 5.91 Å². The lowest BCUT2D eigenvalue weighted by Crippen LogP contribution is -2.29. The Morgan fingerprint density at radius 1 is 1.32 bits per heavy atom. The third-order valence-electron chi connectivity index (χ3n) is 2.99. The Bertz CT molecular complexity index is 376. The Morgan fingerprint density at radius 3 is 2.58 bits per heavy atom. The summed E-state index contributed by atoms with van der Waals surface area (Å²) in [7, 11) is 1.84. The van der Waals surface area contributed by atoms with Gasteiger partial charge in [0, 0.05) is 20.0 Å². The molecule has 1 aromatic rings. The van der Waals surface area contributed by atoms with Crippen LogP contribution in [-0.2, 0) is 11.2 Å². The second kappa shape index (κ2) is 8.53. The molecule has 0 aliphatic carbocycles. The predicted octanol–water partition coefficient (Wildman–Crippen LogP) is 1.83. The number of amides is 1. The van der Waals surface area contributed by atoms with E-state index in [9.17, 15) is 4.79 Å². The van der Waals surface area contributed by atoms with E-state index in [0.29, 0.717) is 19.6 Å². The van der Waals surface area contributed by atoms with Crippen LogP contribution in [0.15, 0.2) is 24.3 Å². The smallest absolute Gasteiger partial charge is 0.222 e. The molecule has 0 saturated carbocycles. The van der Waals surface area contributed by atoms with Gasteiger partial charge < -0.3 is 15.4 Å². The van der Waals surface area contributed by atoms with Gasteiger partial charge in [-0.15, -0.1) is 0 Å². The molecule has 0 spiro atoms.